The molecule has 10 aromatic carbocycles. The van der Waals surface area contributed by atoms with Crippen LogP contribution in [0, 0.1) is 0 Å². The quantitative estimate of drug-likeness (QED) is 0.133. The van der Waals surface area contributed by atoms with E-state index in [1.54, 1.807) is 0 Å². The monoisotopic (exact) mass is 942 g/mol. The Balaban J connectivity index is 1.19. The molecule has 0 fully saturated rings. The van der Waals surface area contributed by atoms with E-state index in [1.165, 1.54) is 126 Å². The van der Waals surface area contributed by atoms with Crippen LogP contribution in [0.15, 0.2) is 224 Å². The van der Waals surface area contributed by atoms with Crippen LogP contribution in [0.25, 0.3) is 64.7 Å². The third-order valence-electron chi connectivity index (χ3n) is 15.2. The highest BCUT2D eigenvalue weighted by molar-refractivity contribution is 7.26. The molecule has 0 atom stereocenters. The van der Waals surface area contributed by atoms with Gasteiger partial charge in [-0.2, -0.15) is 0 Å². The first-order valence-corrected chi connectivity index (χ1v) is 26.5. The largest absolute Gasteiger partial charge is 0.311 e. The van der Waals surface area contributed by atoms with E-state index in [9.17, 15) is 0 Å². The summed E-state index contributed by atoms with van der Waals surface area (Å²) in [5, 5.41) is 2.69. The van der Waals surface area contributed by atoms with Crippen LogP contribution in [0.2, 0.25) is 0 Å². The average Bonchev–Trinajstić information content (AvgIpc) is 3.82. The van der Waals surface area contributed by atoms with E-state index < -0.39 is 0 Å². The molecule has 0 saturated heterocycles. The van der Waals surface area contributed by atoms with Gasteiger partial charge in [0.05, 0.1) is 11.4 Å². The number of thiophene rings is 1. The van der Waals surface area contributed by atoms with E-state index in [2.05, 4.69) is 262 Å². The molecular weight excluding hydrogens is 888 g/mol. The predicted molar refractivity (Wildman–Crippen MR) is 312 cm³/mol. The Bertz CT molecular complexity index is 3780. The van der Waals surface area contributed by atoms with Crippen LogP contribution in [0.4, 0.5) is 34.1 Å². The lowest BCUT2D eigenvalue weighted by Gasteiger charge is -2.46. The number of benzene rings is 10. The van der Waals surface area contributed by atoms with E-state index in [0.29, 0.717) is 0 Å². The number of rotatable bonds is 9. The zero-order valence-electron chi connectivity index (χ0n) is 41.4. The van der Waals surface area contributed by atoms with Gasteiger partial charge in [-0.1, -0.05) is 222 Å². The van der Waals surface area contributed by atoms with E-state index in [1.807, 2.05) is 11.3 Å². The van der Waals surface area contributed by atoms with Crippen LogP contribution in [0.5, 0.6) is 0 Å². The molecule has 13 rings (SSSR count). The van der Waals surface area contributed by atoms with Gasteiger partial charge in [-0.05, 0) is 116 Å². The topological polar surface area (TPSA) is 6.48 Å². The Morgan fingerprint density at radius 3 is 1.49 bits per heavy atom. The maximum absolute atomic E-state index is 2.69. The fourth-order valence-corrected chi connectivity index (χ4v) is 13.0. The Morgan fingerprint density at radius 1 is 0.431 bits per heavy atom. The molecule has 0 radical (unpaired) electrons. The highest BCUT2D eigenvalue weighted by Gasteiger charge is 2.45. The molecule has 2 aliphatic rings. The summed E-state index contributed by atoms with van der Waals surface area (Å²) in [6.45, 7) is 9.38. The lowest BCUT2D eigenvalue weighted by molar-refractivity contribution is 0.590. The predicted octanol–water partition coefficient (Wildman–Crippen LogP) is 17.4. The fourth-order valence-electron chi connectivity index (χ4n) is 11.7. The Morgan fingerprint density at radius 2 is 0.931 bits per heavy atom. The summed E-state index contributed by atoms with van der Waals surface area (Å²) in [4.78, 5) is 5.35. The second kappa shape index (κ2) is 17.7. The Labute approximate surface area is 428 Å². The van der Waals surface area contributed by atoms with Crippen LogP contribution >= 0.6 is 11.3 Å². The summed E-state index contributed by atoms with van der Waals surface area (Å²) in [5.41, 5.74) is 23.5. The van der Waals surface area contributed by atoms with Crippen LogP contribution in [0.1, 0.15) is 51.7 Å². The zero-order valence-corrected chi connectivity index (χ0v) is 42.2. The van der Waals surface area contributed by atoms with E-state index in [0.717, 1.165) is 19.3 Å². The number of anilines is 6. The first-order chi connectivity index (χ1) is 35.3. The highest BCUT2D eigenvalue weighted by atomic mass is 32.1. The smallest absolute Gasteiger partial charge is 0.252 e. The van der Waals surface area contributed by atoms with Crippen molar-refractivity contribution in [2.45, 2.75) is 52.4 Å². The minimum Gasteiger partial charge on any atom is -0.311 e. The van der Waals surface area contributed by atoms with Crippen molar-refractivity contribution in [2.24, 2.45) is 0 Å². The van der Waals surface area contributed by atoms with Gasteiger partial charge in [0.2, 0.25) is 0 Å². The molecule has 0 spiro atoms. The molecule has 2 nitrogen and oxygen atoms in total. The van der Waals surface area contributed by atoms with Gasteiger partial charge >= 0.3 is 0 Å². The van der Waals surface area contributed by atoms with Gasteiger partial charge in [-0.25, -0.2) is 0 Å². The minimum atomic E-state index is -0.172. The van der Waals surface area contributed by atoms with Crippen molar-refractivity contribution in [2.75, 3.05) is 9.80 Å². The molecule has 11 aromatic rings. The number of hydrogen-bond acceptors (Lipinski definition) is 3. The summed E-state index contributed by atoms with van der Waals surface area (Å²) in [7, 11) is 0. The standard InChI is InChI=1S/C68H55BN2S/c1-5-6-30-56-59(40-37-55-54-31-19-20-34-64(54)72-67(55)56)70-60-38-35-49(45-22-11-7-12-23-45)41-57(60)69-58-42-50(46-24-13-8-14-25-46)36-39-61(58)71(63-44-51(68(2,3)4)43-62(70)65(63)69)66-52(47-26-15-9-16-27-47)32-21-33-53(66)48-28-17-10-18-29-48/h7-29,31-44H,5-6,30H2,1-4H3. The average molecular weight is 943 g/mol. The molecular formula is C68H55BN2S. The van der Waals surface area contributed by atoms with Crippen LogP contribution in [0.3, 0.4) is 0 Å². The molecule has 0 N–H and O–H groups in total. The molecule has 72 heavy (non-hydrogen) atoms. The second-order valence-corrected chi connectivity index (χ2v) is 21.7. The molecule has 3 heterocycles. The number of fused-ring (bicyclic) bond motifs is 7. The van der Waals surface area contributed by atoms with Gasteiger partial charge in [0, 0.05) is 54.0 Å². The normalized spacial score (nSPS) is 12.8. The molecule has 346 valence electrons. The number of para-hydroxylation sites is 1. The van der Waals surface area contributed by atoms with Crippen molar-refractivity contribution in [3.63, 3.8) is 0 Å². The van der Waals surface area contributed by atoms with Crippen molar-refractivity contribution >= 4 is 88.7 Å². The number of aryl methyl sites for hydroxylation is 1. The molecule has 0 amide bonds. The van der Waals surface area contributed by atoms with Crippen molar-refractivity contribution in [3.8, 4) is 44.5 Å². The maximum Gasteiger partial charge on any atom is 0.252 e. The van der Waals surface area contributed by atoms with Crippen molar-refractivity contribution in [1.82, 2.24) is 0 Å². The summed E-state index contributed by atoms with van der Waals surface area (Å²) in [6.07, 6.45) is 3.22. The SMILES string of the molecule is CCCCc1c(N2c3ccc(-c4ccccc4)cc3B3c4cc(-c5ccccc5)ccc4N(c4c(-c5ccccc5)cccc4-c4ccccc4)c4cc(C(C)(C)C)cc2c43)ccc2c1sc1ccccc12. The lowest BCUT2D eigenvalue weighted by atomic mass is 9.33. The van der Waals surface area contributed by atoms with Gasteiger partial charge in [0.25, 0.3) is 6.71 Å². The van der Waals surface area contributed by atoms with Crippen LogP contribution < -0.4 is 26.2 Å². The molecule has 0 unspecified atom stereocenters. The molecule has 0 bridgehead atoms. The van der Waals surface area contributed by atoms with Crippen molar-refractivity contribution in [3.05, 3.63) is 236 Å². The third-order valence-corrected chi connectivity index (χ3v) is 16.5. The summed E-state index contributed by atoms with van der Waals surface area (Å²) in [6, 6.07) is 84.4. The molecule has 0 saturated carbocycles. The van der Waals surface area contributed by atoms with Crippen LogP contribution in [-0.2, 0) is 11.8 Å². The molecule has 4 heteroatoms. The second-order valence-electron chi connectivity index (χ2n) is 20.6. The van der Waals surface area contributed by atoms with E-state index >= 15 is 0 Å². The summed E-state index contributed by atoms with van der Waals surface area (Å²) in [5.74, 6) is 0. The Kier molecular flexibility index (Phi) is 10.9. The summed E-state index contributed by atoms with van der Waals surface area (Å²) < 4.78 is 2.74. The minimum absolute atomic E-state index is 0.0787. The van der Waals surface area contributed by atoms with Gasteiger partial charge in [-0.3, -0.25) is 0 Å². The third kappa shape index (κ3) is 7.30. The van der Waals surface area contributed by atoms with Crippen molar-refractivity contribution < 1.29 is 0 Å². The van der Waals surface area contributed by atoms with Gasteiger partial charge in [0.1, 0.15) is 0 Å². The summed E-state index contributed by atoms with van der Waals surface area (Å²) >= 11 is 1.96. The first kappa shape index (κ1) is 44.1. The molecule has 2 aliphatic heterocycles. The van der Waals surface area contributed by atoms with Gasteiger partial charge in [-0.15, -0.1) is 11.3 Å². The number of unbranched alkanes of at least 4 members (excludes halogenated alkanes) is 1. The fraction of sp³-hybridized carbons (Fsp3) is 0.118. The highest BCUT2D eigenvalue weighted by Crippen LogP contribution is 2.52. The van der Waals surface area contributed by atoms with E-state index in [-0.39, 0.29) is 12.1 Å². The van der Waals surface area contributed by atoms with Crippen molar-refractivity contribution in [1.29, 1.82) is 0 Å². The van der Waals surface area contributed by atoms with Gasteiger partial charge in [0.15, 0.2) is 0 Å². The maximum atomic E-state index is 2.69. The van der Waals surface area contributed by atoms with E-state index in [4.69, 9.17) is 0 Å². The first-order valence-electron chi connectivity index (χ1n) is 25.7. The molecule has 1 aromatic heterocycles. The number of hydrogen-bond donors (Lipinski definition) is 0. The molecule has 0 aliphatic carbocycles. The Hall–Kier alpha value is -7.92. The van der Waals surface area contributed by atoms with Crippen LogP contribution in [-0.4, -0.2) is 6.71 Å². The lowest BCUT2D eigenvalue weighted by Crippen LogP contribution is -2.61. The zero-order chi connectivity index (χ0) is 48.5. The van der Waals surface area contributed by atoms with Gasteiger partial charge < -0.3 is 9.80 Å². The number of nitrogens with zero attached hydrogens (tertiary/aromatic N) is 2.